The largest absolute Gasteiger partial charge is 0.496 e. The van der Waals surface area contributed by atoms with Crippen LogP contribution in [0.4, 0.5) is 5.00 Å². The first-order chi connectivity index (χ1) is 13.7. The van der Waals surface area contributed by atoms with Gasteiger partial charge in [0.1, 0.15) is 16.9 Å². The van der Waals surface area contributed by atoms with Crippen molar-refractivity contribution in [2.24, 2.45) is 0 Å². The summed E-state index contributed by atoms with van der Waals surface area (Å²) in [6.07, 6.45) is 0.621. The summed E-state index contributed by atoms with van der Waals surface area (Å²) in [6, 6.07) is 12.2. The fourth-order valence-corrected chi connectivity index (χ4v) is 5.65. The van der Waals surface area contributed by atoms with Gasteiger partial charge in [-0.25, -0.2) is 0 Å². The molecule has 5 rings (SSSR count). The third-order valence-corrected chi connectivity index (χ3v) is 6.95. The maximum absolute atomic E-state index is 13.1. The SMILES string of the molecule is CCN1CCc2c(sc3c2C(=O)NC(c2c(OC)ccc4ccccc24)N3)C1. The van der Waals surface area contributed by atoms with Gasteiger partial charge in [0, 0.05) is 23.5 Å². The number of amides is 1. The van der Waals surface area contributed by atoms with Gasteiger partial charge in [-0.1, -0.05) is 37.3 Å². The normalized spacial score (nSPS) is 18.9. The zero-order valence-electron chi connectivity index (χ0n) is 16.0. The van der Waals surface area contributed by atoms with Crippen LogP contribution in [0.2, 0.25) is 0 Å². The Morgan fingerprint density at radius 1 is 1.21 bits per heavy atom. The Morgan fingerprint density at radius 3 is 2.89 bits per heavy atom. The lowest BCUT2D eigenvalue weighted by atomic mass is 9.97. The molecule has 2 aliphatic heterocycles. The summed E-state index contributed by atoms with van der Waals surface area (Å²) in [6.45, 7) is 5.17. The van der Waals surface area contributed by atoms with Crippen LogP contribution in [0, 0.1) is 0 Å². The van der Waals surface area contributed by atoms with Gasteiger partial charge in [0.15, 0.2) is 0 Å². The van der Waals surface area contributed by atoms with Gasteiger partial charge in [-0.15, -0.1) is 11.3 Å². The topological polar surface area (TPSA) is 53.6 Å². The van der Waals surface area contributed by atoms with Crippen LogP contribution in [-0.4, -0.2) is 31.0 Å². The van der Waals surface area contributed by atoms with E-state index in [0.29, 0.717) is 0 Å². The fraction of sp³-hybridized carbons (Fsp3) is 0.318. The van der Waals surface area contributed by atoms with Crippen LogP contribution in [0.1, 0.15) is 39.5 Å². The number of nitrogens with one attached hydrogen (secondary N) is 2. The van der Waals surface area contributed by atoms with Gasteiger partial charge in [0.25, 0.3) is 5.91 Å². The highest BCUT2D eigenvalue weighted by atomic mass is 32.1. The molecule has 6 heteroatoms. The molecule has 2 aliphatic rings. The van der Waals surface area contributed by atoms with Crippen LogP contribution in [0.15, 0.2) is 36.4 Å². The number of likely N-dealkylation sites (N-methyl/N-ethyl adjacent to an activating group) is 1. The molecule has 5 nitrogen and oxygen atoms in total. The summed E-state index contributed by atoms with van der Waals surface area (Å²) in [5.74, 6) is 0.787. The average molecular weight is 394 g/mol. The van der Waals surface area contributed by atoms with E-state index < -0.39 is 0 Å². The molecule has 1 aromatic heterocycles. The first-order valence-electron chi connectivity index (χ1n) is 9.69. The van der Waals surface area contributed by atoms with E-state index in [4.69, 9.17) is 4.74 Å². The number of methoxy groups -OCH3 is 1. The molecule has 28 heavy (non-hydrogen) atoms. The van der Waals surface area contributed by atoms with E-state index in [1.807, 2.05) is 18.2 Å². The molecule has 0 radical (unpaired) electrons. The molecule has 3 aromatic rings. The fourth-order valence-electron chi connectivity index (χ4n) is 4.33. The second kappa shape index (κ2) is 6.79. The van der Waals surface area contributed by atoms with Gasteiger partial charge >= 0.3 is 0 Å². The molecular weight excluding hydrogens is 370 g/mol. The van der Waals surface area contributed by atoms with Gasteiger partial charge < -0.3 is 15.4 Å². The molecule has 1 amide bonds. The van der Waals surface area contributed by atoms with Crippen molar-refractivity contribution >= 4 is 33.0 Å². The number of ether oxygens (including phenoxy) is 1. The maximum Gasteiger partial charge on any atom is 0.256 e. The van der Waals surface area contributed by atoms with Crippen molar-refractivity contribution in [3.63, 3.8) is 0 Å². The number of thiophene rings is 1. The van der Waals surface area contributed by atoms with E-state index in [1.54, 1.807) is 18.4 Å². The van der Waals surface area contributed by atoms with E-state index in [1.165, 1.54) is 10.4 Å². The lowest BCUT2D eigenvalue weighted by Crippen LogP contribution is -2.39. The molecule has 0 aliphatic carbocycles. The smallest absolute Gasteiger partial charge is 0.256 e. The van der Waals surface area contributed by atoms with Gasteiger partial charge in [-0.3, -0.25) is 9.69 Å². The van der Waals surface area contributed by atoms with Crippen molar-refractivity contribution in [1.29, 1.82) is 0 Å². The van der Waals surface area contributed by atoms with Crippen molar-refractivity contribution in [1.82, 2.24) is 10.2 Å². The minimum absolute atomic E-state index is 0.0104. The number of carbonyl (C=O) groups is 1. The second-order valence-electron chi connectivity index (χ2n) is 7.28. The molecule has 0 spiro atoms. The Balaban J connectivity index is 1.59. The zero-order valence-corrected chi connectivity index (χ0v) is 16.9. The van der Waals surface area contributed by atoms with Crippen molar-refractivity contribution in [3.05, 3.63) is 58.0 Å². The number of hydrogen-bond acceptors (Lipinski definition) is 5. The van der Waals surface area contributed by atoms with Crippen molar-refractivity contribution in [2.45, 2.75) is 26.1 Å². The maximum atomic E-state index is 13.1. The minimum atomic E-state index is -0.316. The molecule has 3 heterocycles. The van der Waals surface area contributed by atoms with Crippen molar-refractivity contribution in [2.75, 3.05) is 25.5 Å². The second-order valence-corrected chi connectivity index (χ2v) is 8.39. The highest BCUT2D eigenvalue weighted by Gasteiger charge is 2.34. The standard InChI is InChI=1S/C22H23N3O2S/c1-3-25-11-10-15-17(12-25)28-22-19(15)21(26)23-20(24-22)18-14-7-5-4-6-13(14)8-9-16(18)27-2/h4-9,20,24H,3,10-12H2,1-2H3,(H,23,26). The quantitative estimate of drug-likeness (QED) is 0.702. The van der Waals surface area contributed by atoms with Gasteiger partial charge in [-0.2, -0.15) is 0 Å². The molecule has 1 unspecified atom stereocenters. The third-order valence-electron chi connectivity index (χ3n) is 5.80. The number of benzene rings is 2. The molecule has 0 saturated carbocycles. The predicted molar refractivity (Wildman–Crippen MR) is 113 cm³/mol. The van der Waals surface area contributed by atoms with Gasteiger partial charge in [-0.05, 0) is 35.4 Å². The van der Waals surface area contributed by atoms with Crippen LogP contribution in [0.3, 0.4) is 0 Å². The third kappa shape index (κ3) is 2.67. The Labute approximate surface area is 168 Å². The molecule has 2 aromatic carbocycles. The summed E-state index contributed by atoms with van der Waals surface area (Å²) < 4.78 is 5.65. The summed E-state index contributed by atoms with van der Waals surface area (Å²) in [5, 5.41) is 9.96. The monoisotopic (exact) mass is 393 g/mol. The number of rotatable bonds is 3. The molecule has 0 fully saturated rings. The lowest BCUT2D eigenvalue weighted by molar-refractivity contribution is 0.0934. The molecular formula is C22H23N3O2S. The molecule has 0 saturated heterocycles. The molecule has 2 N–H and O–H groups in total. The predicted octanol–water partition coefficient (Wildman–Crippen LogP) is 4.14. The Kier molecular flexibility index (Phi) is 4.25. The first kappa shape index (κ1) is 17.5. The highest BCUT2D eigenvalue weighted by molar-refractivity contribution is 7.16. The molecule has 144 valence electrons. The Bertz CT molecular complexity index is 1080. The van der Waals surface area contributed by atoms with Gasteiger partial charge in [0.05, 0.1) is 12.7 Å². The summed E-state index contributed by atoms with van der Waals surface area (Å²) >= 11 is 1.72. The van der Waals surface area contributed by atoms with E-state index >= 15 is 0 Å². The van der Waals surface area contributed by atoms with E-state index in [9.17, 15) is 4.79 Å². The van der Waals surface area contributed by atoms with E-state index in [2.05, 4.69) is 40.7 Å². The zero-order chi connectivity index (χ0) is 19.3. The van der Waals surface area contributed by atoms with Gasteiger partial charge in [0.2, 0.25) is 0 Å². The molecule has 1 atom stereocenters. The van der Waals surface area contributed by atoms with Crippen molar-refractivity contribution in [3.8, 4) is 5.75 Å². The van der Waals surface area contributed by atoms with Crippen molar-refractivity contribution < 1.29 is 9.53 Å². The van der Waals surface area contributed by atoms with E-state index in [-0.39, 0.29) is 12.1 Å². The number of carbonyl (C=O) groups excluding carboxylic acids is 1. The number of anilines is 1. The Morgan fingerprint density at radius 2 is 2.07 bits per heavy atom. The number of fused-ring (bicyclic) bond motifs is 4. The Hall–Kier alpha value is -2.57. The average Bonchev–Trinajstić information content (AvgIpc) is 3.10. The number of nitrogens with zero attached hydrogens (tertiary/aromatic N) is 1. The minimum Gasteiger partial charge on any atom is -0.496 e. The van der Waals surface area contributed by atoms with E-state index in [0.717, 1.165) is 58.7 Å². The highest BCUT2D eigenvalue weighted by Crippen LogP contribution is 2.43. The van der Waals surface area contributed by atoms with Crippen LogP contribution >= 0.6 is 11.3 Å². The summed E-state index contributed by atoms with van der Waals surface area (Å²) in [4.78, 5) is 16.8. The molecule has 0 bridgehead atoms. The number of hydrogen-bond donors (Lipinski definition) is 2. The first-order valence-corrected chi connectivity index (χ1v) is 10.5. The summed E-state index contributed by atoms with van der Waals surface area (Å²) in [7, 11) is 1.67. The van der Waals surface area contributed by atoms with Crippen LogP contribution < -0.4 is 15.4 Å². The van der Waals surface area contributed by atoms with Crippen LogP contribution in [0.25, 0.3) is 10.8 Å². The van der Waals surface area contributed by atoms with Crippen LogP contribution in [-0.2, 0) is 13.0 Å². The lowest BCUT2D eigenvalue weighted by Gasteiger charge is -2.29. The van der Waals surface area contributed by atoms with Crippen LogP contribution in [0.5, 0.6) is 5.75 Å². The summed E-state index contributed by atoms with van der Waals surface area (Å²) in [5.41, 5.74) is 3.03.